The Morgan fingerprint density at radius 2 is 1.60 bits per heavy atom. The minimum atomic E-state index is -2.13. The molecule has 20 heavy (non-hydrogen) atoms. The highest BCUT2D eigenvalue weighted by Gasteiger charge is 2.29. The van der Waals surface area contributed by atoms with E-state index in [0.717, 1.165) is 0 Å². The van der Waals surface area contributed by atoms with E-state index in [4.69, 9.17) is 4.74 Å². The highest BCUT2D eigenvalue weighted by atomic mass is 16.5. The number of phenols is 2. The smallest absolute Gasteiger partial charge is 0.193 e. The maximum absolute atomic E-state index is 9.95. The van der Waals surface area contributed by atoms with Crippen molar-refractivity contribution >= 4 is 0 Å². The SMILES string of the molecule is CCC(O)(O)c1cccc(O)c1Oc1ccccc1O. The molecule has 0 bridgehead atoms. The van der Waals surface area contributed by atoms with E-state index < -0.39 is 5.79 Å². The van der Waals surface area contributed by atoms with Crippen molar-refractivity contribution in [2.45, 2.75) is 19.1 Å². The predicted octanol–water partition coefficient (Wildman–Crippen LogP) is 2.44. The number of aliphatic hydroxyl groups is 2. The van der Waals surface area contributed by atoms with Crippen molar-refractivity contribution in [1.29, 1.82) is 0 Å². The van der Waals surface area contributed by atoms with E-state index in [2.05, 4.69) is 0 Å². The van der Waals surface area contributed by atoms with Crippen LogP contribution >= 0.6 is 0 Å². The molecule has 2 aromatic carbocycles. The summed E-state index contributed by atoms with van der Waals surface area (Å²) in [6.45, 7) is 1.59. The number of benzene rings is 2. The van der Waals surface area contributed by atoms with Gasteiger partial charge in [-0.05, 0) is 24.3 Å². The average Bonchev–Trinajstić information content (AvgIpc) is 2.43. The Hall–Kier alpha value is -2.24. The summed E-state index contributed by atoms with van der Waals surface area (Å²) in [7, 11) is 0. The van der Waals surface area contributed by atoms with Gasteiger partial charge in [-0.2, -0.15) is 0 Å². The third-order valence-corrected chi connectivity index (χ3v) is 3.00. The van der Waals surface area contributed by atoms with Crippen molar-refractivity contribution in [3.05, 3.63) is 48.0 Å². The van der Waals surface area contributed by atoms with Gasteiger partial charge < -0.3 is 25.2 Å². The summed E-state index contributed by atoms with van der Waals surface area (Å²) < 4.78 is 5.44. The molecule has 2 rings (SSSR count). The summed E-state index contributed by atoms with van der Waals surface area (Å²) in [6.07, 6.45) is 0.0214. The van der Waals surface area contributed by atoms with Crippen LogP contribution in [-0.2, 0) is 5.79 Å². The van der Waals surface area contributed by atoms with E-state index in [1.165, 1.54) is 30.3 Å². The van der Waals surface area contributed by atoms with E-state index >= 15 is 0 Å². The molecular weight excluding hydrogens is 260 g/mol. The predicted molar refractivity (Wildman–Crippen MR) is 72.7 cm³/mol. The van der Waals surface area contributed by atoms with Crippen LogP contribution in [0.5, 0.6) is 23.0 Å². The summed E-state index contributed by atoms with van der Waals surface area (Å²) in [6, 6.07) is 10.5. The van der Waals surface area contributed by atoms with Gasteiger partial charge in [0.25, 0.3) is 0 Å². The van der Waals surface area contributed by atoms with Crippen LogP contribution in [0, 0.1) is 0 Å². The number of ether oxygens (including phenoxy) is 1. The standard InChI is InChI=1S/C15H16O5/c1-2-15(18,19)10-6-5-8-12(17)14(10)20-13-9-4-3-7-11(13)16/h3-9,16-19H,2H2,1H3. The lowest BCUT2D eigenvalue weighted by Gasteiger charge is -2.23. The van der Waals surface area contributed by atoms with Crippen molar-refractivity contribution in [3.63, 3.8) is 0 Å². The zero-order valence-electron chi connectivity index (χ0n) is 10.9. The zero-order valence-corrected chi connectivity index (χ0v) is 10.9. The third-order valence-electron chi connectivity index (χ3n) is 3.00. The van der Waals surface area contributed by atoms with Gasteiger partial charge in [0.05, 0.1) is 5.56 Å². The van der Waals surface area contributed by atoms with E-state index in [9.17, 15) is 20.4 Å². The van der Waals surface area contributed by atoms with Crippen molar-refractivity contribution < 1.29 is 25.2 Å². The van der Waals surface area contributed by atoms with E-state index in [1.54, 1.807) is 19.1 Å². The monoisotopic (exact) mass is 276 g/mol. The Labute approximate surface area is 116 Å². The van der Waals surface area contributed by atoms with Gasteiger partial charge in [-0.15, -0.1) is 0 Å². The molecule has 0 fully saturated rings. The Kier molecular flexibility index (Phi) is 3.83. The van der Waals surface area contributed by atoms with Gasteiger partial charge in [0.2, 0.25) is 0 Å². The molecule has 2 aromatic rings. The van der Waals surface area contributed by atoms with Crippen LogP contribution < -0.4 is 4.74 Å². The lowest BCUT2D eigenvalue weighted by molar-refractivity contribution is -0.172. The van der Waals surface area contributed by atoms with Crippen molar-refractivity contribution in [2.75, 3.05) is 0 Å². The van der Waals surface area contributed by atoms with Gasteiger partial charge in [0, 0.05) is 6.42 Å². The number of hydrogen-bond acceptors (Lipinski definition) is 5. The quantitative estimate of drug-likeness (QED) is 0.644. The number of phenolic OH excluding ortho intramolecular Hbond substituents is 2. The molecule has 0 aliphatic carbocycles. The van der Waals surface area contributed by atoms with Crippen LogP contribution in [0.3, 0.4) is 0 Å². The van der Waals surface area contributed by atoms with Crippen LogP contribution in [0.4, 0.5) is 0 Å². The summed E-state index contributed by atoms with van der Waals surface area (Å²) >= 11 is 0. The van der Waals surface area contributed by atoms with Crippen LogP contribution in [-0.4, -0.2) is 20.4 Å². The first-order valence-corrected chi connectivity index (χ1v) is 6.18. The molecule has 4 N–H and O–H groups in total. The van der Waals surface area contributed by atoms with Gasteiger partial charge in [0.1, 0.15) is 0 Å². The fourth-order valence-corrected chi connectivity index (χ4v) is 1.79. The molecule has 5 heteroatoms. The first-order valence-electron chi connectivity index (χ1n) is 6.18. The molecule has 0 spiro atoms. The largest absolute Gasteiger partial charge is 0.504 e. The van der Waals surface area contributed by atoms with E-state index in [-0.39, 0.29) is 35.0 Å². The minimum absolute atomic E-state index is 0.0214. The van der Waals surface area contributed by atoms with Crippen LogP contribution in [0.25, 0.3) is 0 Å². The zero-order chi connectivity index (χ0) is 14.8. The van der Waals surface area contributed by atoms with Crippen LogP contribution in [0.15, 0.2) is 42.5 Å². The second-order valence-electron chi connectivity index (χ2n) is 4.39. The molecule has 0 radical (unpaired) electrons. The molecule has 0 amide bonds. The van der Waals surface area contributed by atoms with Gasteiger partial charge in [-0.25, -0.2) is 0 Å². The molecule has 0 aromatic heterocycles. The normalized spacial score (nSPS) is 11.3. The summed E-state index contributed by atoms with van der Waals surface area (Å²) in [5, 5.41) is 39.5. The van der Waals surface area contributed by atoms with E-state index in [0.29, 0.717) is 0 Å². The molecule has 0 atom stereocenters. The number of rotatable bonds is 4. The second-order valence-corrected chi connectivity index (χ2v) is 4.39. The van der Waals surface area contributed by atoms with Crippen LogP contribution in [0.1, 0.15) is 18.9 Å². The van der Waals surface area contributed by atoms with Crippen molar-refractivity contribution in [1.82, 2.24) is 0 Å². The lowest BCUT2D eigenvalue weighted by Crippen LogP contribution is -2.24. The molecule has 0 aliphatic rings. The number of para-hydroxylation sites is 3. The molecule has 0 heterocycles. The average molecular weight is 276 g/mol. The van der Waals surface area contributed by atoms with Crippen molar-refractivity contribution in [2.24, 2.45) is 0 Å². The fraction of sp³-hybridized carbons (Fsp3) is 0.200. The van der Waals surface area contributed by atoms with Gasteiger partial charge >= 0.3 is 0 Å². The third kappa shape index (κ3) is 2.68. The molecule has 0 aliphatic heterocycles. The highest BCUT2D eigenvalue weighted by molar-refractivity contribution is 5.51. The topological polar surface area (TPSA) is 90.2 Å². The molecule has 0 saturated carbocycles. The van der Waals surface area contributed by atoms with Gasteiger partial charge in [0.15, 0.2) is 28.8 Å². The molecule has 0 unspecified atom stereocenters. The number of hydrogen-bond donors (Lipinski definition) is 4. The summed E-state index contributed by atoms with van der Waals surface area (Å²) in [5.74, 6) is -2.47. The number of aromatic hydroxyl groups is 2. The highest BCUT2D eigenvalue weighted by Crippen LogP contribution is 2.41. The maximum Gasteiger partial charge on any atom is 0.193 e. The Bertz CT molecular complexity index is 607. The first-order chi connectivity index (χ1) is 9.45. The Morgan fingerprint density at radius 1 is 0.950 bits per heavy atom. The molecule has 0 saturated heterocycles. The maximum atomic E-state index is 9.95. The molecule has 106 valence electrons. The summed E-state index contributed by atoms with van der Waals surface area (Å²) in [4.78, 5) is 0. The van der Waals surface area contributed by atoms with Gasteiger partial charge in [-0.1, -0.05) is 25.1 Å². The Balaban J connectivity index is 2.49. The first kappa shape index (κ1) is 14.2. The molecule has 5 nitrogen and oxygen atoms in total. The van der Waals surface area contributed by atoms with E-state index in [1.807, 2.05) is 0 Å². The minimum Gasteiger partial charge on any atom is -0.504 e. The van der Waals surface area contributed by atoms with Crippen molar-refractivity contribution in [3.8, 4) is 23.0 Å². The molecular formula is C15H16O5. The second kappa shape index (κ2) is 5.40. The fourth-order valence-electron chi connectivity index (χ4n) is 1.79. The van der Waals surface area contributed by atoms with Gasteiger partial charge in [-0.3, -0.25) is 0 Å². The summed E-state index contributed by atoms with van der Waals surface area (Å²) in [5.41, 5.74) is 0.0308. The Morgan fingerprint density at radius 3 is 2.25 bits per heavy atom. The lowest BCUT2D eigenvalue weighted by atomic mass is 10.0. The van der Waals surface area contributed by atoms with Crippen LogP contribution in [0.2, 0.25) is 0 Å².